The minimum atomic E-state index is 0.0938. The van der Waals surface area contributed by atoms with Crippen LogP contribution < -0.4 is 0 Å². The molecule has 0 saturated carbocycles. The SMILES string of the molecule is C(=C\c1ccc(C(c2ccccc2)c2ccccc2)o1)/c1ccccc1. The molecule has 0 atom stereocenters. The molecule has 4 rings (SSSR count). The smallest absolute Gasteiger partial charge is 0.127 e. The lowest BCUT2D eigenvalue weighted by molar-refractivity contribution is 0.495. The molecule has 0 amide bonds. The van der Waals surface area contributed by atoms with Crippen LogP contribution in [0.1, 0.15) is 34.1 Å². The van der Waals surface area contributed by atoms with Crippen molar-refractivity contribution in [1.29, 1.82) is 0 Å². The van der Waals surface area contributed by atoms with Gasteiger partial charge in [0.25, 0.3) is 0 Å². The van der Waals surface area contributed by atoms with Crippen LogP contribution in [0.15, 0.2) is 108 Å². The molecule has 1 heteroatoms. The Morgan fingerprint density at radius 1 is 0.538 bits per heavy atom. The molecule has 26 heavy (non-hydrogen) atoms. The summed E-state index contributed by atoms with van der Waals surface area (Å²) >= 11 is 0. The largest absolute Gasteiger partial charge is 0.461 e. The van der Waals surface area contributed by atoms with E-state index < -0.39 is 0 Å². The topological polar surface area (TPSA) is 13.1 Å². The molecule has 1 heterocycles. The molecule has 126 valence electrons. The highest BCUT2D eigenvalue weighted by Crippen LogP contribution is 2.33. The molecule has 4 aromatic rings. The summed E-state index contributed by atoms with van der Waals surface area (Å²) in [6, 6.07) is 35.4. The highest BCUT2D eigenvalue weighted by Gasteiger charge is 2.19. The summed E-state index contributed by atoms with van der Waals surface area (Å²) in [5.41, 5.74) is 3.62. The van der Waals surface area contributed by atoms with Gasteiger partial charge in [-0.05, 0) is 34.9 Å². The maximum atomic E-state index is 6.19. The van der Waals surface area contributed by atoms with Crippen molar-refractivity contribution in [2.75, 3.05) is 0 Å². The predicted molar refractivity (Wildman–Crippen MR) is 108 cm³/mol. The van der Waals surface area contributed by atoms with E-state index in [9.17, 15) is 0 Å². The summed E-state index contributed by atoms with van der Waals surface area (Å²) in [6.45, 7) is 0. The number of furan rings is 1. The van der Waals surface area contributed by atoms with E-state index in [2.05, 4.69) is 72.8 Å². The van der Waals surface area contributed by atoms with Gasteiger partial charge in [-0.3, -0.25) is 0 Å². The highest BCUT2D eigenvalue weighted by atomic mass is 16.3. The third-order valence-electron chi connectivity index (χ3n) is 4.44. The van der Waals surface area contributed by atoms with Crippen molar-refractivity contribution in [3.63, 3.8) is 0 Å². The normalized spacial score (nSPS) is 11.3. The summed E-state index contributed by atoms with van der Waals surface area (Å²) < 4.78 is 6.19. The van der Waals surface area contributed by atoms with Gasteiger partial charge >= 0.3 is 0 Å². The molecule has 0 aliphatic carbocycles. The molecule has 1 aromatic heterocycles. The first-order valence-electron chi connectivity index (χ1n) is 8.83. The minimum absolute atomic E-state index is 0.0938. The van der Waals surface area contributed by atoms with E-state index in [0.29, 0.717) is 0 Å². The third-order valence-corrected chi connectivity index (χ3v) is 4.44. The van der Waals surface area contributed by atoms with Crippen molar-refractivity contribution >= 4 is 12.2 Å². The second-order valence-corrected chi connectivity index (χ2v) is 6.24. The molecule has 1 nitrogen and oxygen atoms in total. The van der Waals surface area contributed by atoms with Crippen LogP contribution in [-0.4, -0.2) is 0 Å². The van der Waals surface area contributed by atoms with Gasteiger partial charge in [0, 0.05) is 0 Å². The van der Waals surface area contributed by atoms with Crippen LogP contribution >= 0.6 is 0 Å². The van der Waals surface area contributed by atoms with Crippen LogP contribution in [0, 0.1) is 0 Å². The van der Waals surface area contributed by atoms with Crippen LogP contribution in [0.4, 0.5) is 0 Å². The van der Waals surface area contributed by atoms with E-state index in [1.54, 1.807) is 0 Å². The van der Waals surface area contributed by atoms with E-state index in [4.69, 9.17) is 4.42 Å². The van der Waals surface area contributed by atoms with Crippen LogP contribution in [0.3, 0.4) is 0 Å². The molecule has 0 N–H and O–H groups in total. The van der Waals surface area contributed by atoms with Crippen molar-refractivity contribution in [3.05, 3.63) is 131 Å². The van der Waals surface area contributed by atoms with Gasteiger partial charge in [0.05, 0.1) is 5.92 Å². The van der Waals surface area contributed by atoms with Crippen LogP contribution in [0.2, 0.25) is 0 Å². The summed E-state index contributed by atoms with van der Waals surface area (Å²) in [4.78, 5) is 0. The molecular weight excluding hydrogens is 316 g/mol. The molecule has 0 spiro atoms. The Kier molecular flexibility index (Phi) is 4.79. The monoisotopic (exact) mass is 336 g/mol. The number of benzene rings is 3. The summed E-state index contributed by atoms with van der Waals surface area (Å²) in [5.74, 6) is 1.91. The average Bonchev–Trinajstić information content (AvgIpc) is 3.18. The number of hydrogen-bond donors (Lipinski definition) is 0. The lowest BCUT2D eigenvalue weighted by Crippen LogP contribution is -2.01. The first kappa shape index (κ1) is 16.2. The standard InChI is InChI=1S/C25H20O/c1-4-10-20(11-5-1)16-17-23-18-19-24(26-23)25(21-12-6-2-7-13-21)22-14-8-3-9-15-22/h1-19,25H/b17-16+. The van der Waals surface area contributed by atoms with Gasteiger partial charge in [-0.2, -0.15) is 0 Å². The first-order valence-corrected chi connectivity index (χ1v) is 8.83. The Balaban J connectivity index is 1.67. The van der Waals surface area contributed by atoms with Gasteiger partial charge in [-0.25, -0.2) is 0 Å². The maximum absolute atomic E-state index is 6.19. The fourth-order valence-corrected chi connectivity index (χ4v) is 3.17. The number of rotatable bonds is 5. The predicted octanol–water partition coefficient (Wildman–Crippen LogP) is 6.63. The van der Waals surface area contributed by atoms with Crippen molar-refractivity contribution in [2.24, 2.45) is 0 Å². The zero-order chi connectivity index (χ0) is 17.6. The van der Waals surface area contributed by atoms with E-state index in [1.165, 1.54) is 11.1 Å². The van der Waals surface area contributed by atoms with Gasteiger partial charge in [0.15, 0.2) is 0 Å². The second-order valence-electron chi connectivity index (χ2n) is 6.24. The van der Waals surface area contributed by atoms with E-state index in [1.807, 2.05) is 42.5 Å². The summed E-state index contributed by atoms with van der Waals surface area (Å²) in [5, 5.41) is 0. The van der Waals surface area contributed by atoms with Crippen molar-refractivity contribution < 1.29 is 4.42 Å². The van der Waals surface area contributed by atoms with Gasteiger partial charge in [0.2, 0.25) is 0 Å². The molecule has 0 unspecified atom stereocenters. The zero-order valence-electron chi connectivity index (χ0n) is 14.5. The van der Waals surface area contributed by atoms with Crippen molar-refractivity contribution in [2.45, 2.75) is 5.92 Å². The Bertz CT molecular complexity index is 927. The van der Waals surface area contributed by atoms with Gasteiger partial charge < -0.3 is 4.42 Å². The van der Waals surface area contributed by atoms with E-state index in [-0.39, 0.29) is 5.92 Å². The number of hydrogen-bond acceptors (Lipinski definition) is 1. The van der Waals surface area contributed by atoms with Crippen LogP contribution in [0.25, 0.3) is 12.2 Å². The van der Waals surface area contributed by atoms with Gasteiger partial charge in [-0.1, -0.05) is 97.1 Å². The quantitative estimate of drug-likeness (QED) is 0.398. The van der Waals surface area contributed by atoms with E-state index in [0.717, 1.165) is 17.1 Å². The lowest BCUT2D eigenvalue weighted by Gasteiger charge is -2.15. The highest BCUT2D eigenvalue weighted by molar-refractivity contribution is 5.67. The Morgan fingerprint density at radius 3 is 1.65 bits per heavy atom. The van der Waals surface area contributed by atoms with Crippen molar-refractivity contribution in [3.8, 4) is 0 Å². The molecule has 0 bridgehead atoms. The van der Waals surface area contributed by atoms with Gasteiger partial charge in [0.1, 0.15) is 11.5 Å². The molecule has 0 aliphatic rings. The molecule has 0 aliphatic heterocycles. The Morgan fingerprint density at radius 2 is 1.08 bits per heavy atom. The van der Waals surface area contributed by atoms with Crippen LogP contribution in [-0.2, 0) is 0 Å². The summed E-state index contributed by atoms with van der Waals surface area (Å²) in [6.07, 6.45) is 4.09. The lowest BCUT2D eigenvalue weighted by atomic mass is 9.89. The van der Waals surface area contributed by atoms with E-state index >= 15 is 0 Å². The zero-order valence-corrected chi connectivity index (χ0v) is 14.5. The summed E-state index contributed by atoms with van der Waals surface area (Å²) in [7, 11) is 0. The molecule has 0 saturated heterocycles. The minimum Gasteiger partial charge on any atom is -0.461 e. The first-order chi connectivity index (χ1) is 12.9. The maximum Gasteiger partial charge on any atom is 0.127 e. The van der Waals surface area contributed by atoms with Crippen molar-refractivity contribution in [1.82, 2.24) is 0 Å². The second kappa shape index (κ2) is 7.71. The molecule has 0 radical (unpaired) electrons. The fraction of sp³-hybridized carbons (Fsp3) is 0.0400. The molecular formula is C25H20O. The molecule has 0 fully saturated rings. The Hall–Kier alpha value is -3.32. The third kappa shape index (κ3) is 3.68. The van der Waals surface area contributed by atoms with Crippen LogP contribution in [0.5, 0.6) is 0 Å². The fourth-order valence-electron chi connectivity index (χ4n) is 3.17. The average molecular weight is 336 g/mol. The molecule has 3 aromatic carbocycles. The van der Waals surface area contributed by atoms with Gasteiger partial charge in [-0.15, -0.1) is 0 Å². The Labute approximate surface area is 154 Å².